The lowest BCUT2D eigenvalue weighted by molar-refractivity contribution is -0.116. The van der Waals surface area contributed by atoms with Gasteiger partial charge in [-0.15, -0.1) is 0 Å². The number of halogens is 1. The van der Waals surface area contributed by atoms with E-state index in [-0.39, 0.29) is 35.2 Å². The first-order valence-corrected chi connectivity index (χ1v) is 5.46. The molecule has 0 saturated heterocycles. The molecule has 18 heavy (non-hydrogen) atoms. The predicted octanol–water partition coefficient (Wildman–Crippen LogP) is 0.909. The van der Waals surface area contributed by atoms with Gasteiger partial charge in [0, 0.05) is 29.3 Å². The molecule has 5 nitrogen and oxygen atoms in total. The Morgan fingerprint density at radius 2 is 2.06 bits per heavy atom. The fourth-order valence-electron chi connectivity index (χ4n) is 1.44. The second kappa shape index (κ2) is 5.59. The minimum absolute atomic E-state index is 0.00852. The molecule has 1 rings (SSSR count). The molecule has 0 saturated carbocycles. The number of anilines is 1. The third kappa shape index (κ3) is 3.53. The average Bonchev–Trinajstić information content (AvgIpc) is 2.22. The summed E-state index contributed by atoms with van der Waals surface area (Å²) in [5.41, 5.74) is 11.0. The molecule has 6 heteroatoms. The molecule has 1 unspecified atom stereocenters. The molecule has 2 amide bonds. The van der Waals surface area contributed by atoms with Crippen LogP contribution in [0.1, 0.15) is 29.3 Å². The van der Waals surface area contributed by atoms with Gasteiger partial charge in [-0.25, -0.2) is 4.39 Å². The summed E-state index contributed by atoms with van der Waals surface area (Å²) >= 11 is 0. The molecular formula is C12H16FN3O2. The fourth-order valence-corrected chi connectivity index (χ4v) is 1.44. The van der Waals surface area contributed by atoms with E-state index in [4.69, 9.17) is 11.5 Å². The van der Waals surface area contributed by atoms with Gasteiger partial charge >= 0.3 is 0 Å². The molecule has 0 aliphatic rings. The van der Waals surface area contributed by atoms with Crippen molar-refractivity contribution in [3.8, 4) is 0 Å². The molecule has 0 aliphatic heterocycles. The number of benzene rings is 1. The van der Waals surface area contributed by atoms with E-state index in [0.29, 0.717) is 0 Å². The molecule has 1 aromatic carbocycles. The van der Waals surface area contributed by atoms with Crippen molar-refractivity contribution in [2.24, 2.45) is 11.5 Å². The van der Waals surface area contributed by atoms with Crippen LogP contribution in [-0.2, 0) is 4.79 Å². The van der Waals surface area contributed by atoms with Gasteiger partial charge in [-0.1, -0.05) is 0 Å². The minimum atomic E-state index is -0.753. The highest BCUT2D eigenvalue weighted by Gasteiger charge is 2.13. The van der Waals surface area contributed by atoms with E-state index in [2.05, 4.69) is 5.32 Å². The summed E-state index contributed by atoms with van der Waals surface area (Å²) in [4.78, 5) is 22.5. The van der Waals surface area contributed by atoms with Gasteiger partial charge < -0.3 is 16.8 Å². The van der Waals surface area contributed by atoms with Crippen molar-refractivity contribution in [2.45, 2.75) is 26.3 Å². The molecule has 0 aromatic heterocycles. The quantitative estimate of drug-likeness (QED) is 0.743. The van der Waals surface area contributed by atoms with E-state index in [1.165, 1.54) is 13.0 Å². The van der Waals surface area contributed by atoms with Crippen molar-refractivity contribution in [1.82, 2.24) is 0 Å². The first-order chi connectivity index (χ1) is 8.31. The summed E-state index contributed by atoms with van der Waals surface area (Å²) < 4.78 is 13.5. The zero-order chi connectivity index (χ0) is 13.9. The number of hydrogen-bond donors (Lipinski definition) is 3. The lowest BCUT2D eigenvalue weighted by Gasteiger charge is -2.11. The molecular weight excluding hydrogens is 237 g/mol. The standard InChI is InChI=1S/C12H16FN3O2/c1-6(14)3-11(17)16-10-5-8(12(15)18)4-9(13)7(10)2/h4-6H,3,14H2,1-2H3,(H2,15,18)(H,16,17). The fraction of sp³-hybridized carbons (Fsp3) is 0.333. The van der Waals surface area contributed by atoms with Crippen molar-refractivity contribution in [1.29, 1.82) is 0 Å². The normalized spacial score (nSPS) is 12.0. The summed E-state index contributed by atoms with van der Waals surface area (Å²) in [5.74, 6) is -1.69. The number of primary amides is 1. The summed E-state index contributed by atoms with van der Waals surface area (Å²) in [6.45, 7) is 3.19. The largest absolute Gasteiger partial charge is 0.366 e. The molecule has 0 spiro atoms. The number of rotatable bonds is 4. The maximum atomic E-state index is 13.5. The highest BCUT2D eigenvalue weighted by Crippen LogP contribution is 2.20. The number of nitrogens with one attached hydrogen (secondary N) is 1. The number of nitrogens with two attached hydrogens (primary N) is 2. The summed E-state index contributed by atoms with van der Waals surface area (Å²) in [5, 5.41) is 2.51. The first-order valence-electron chi connectivity index (χ1n) is 5.46. The van der Waals surface area contributed by atoms with Crippen molar-refractivity contribution < 1.29 is 14.0 Å². The van der Waals surface area contributed by atoms with Gasteiger partial charge in [0.05, 0.1) is 0 Å². The molecule has 0 aliphatic carbocycles. The van der Waals surface area contributed by atoms with Gasteiger partial charge in [0.25, 0.3) is 0 Å². The smallest absolute Gasteiger partial charge is 0.248 e. The van der Waals surface area contributed by atoms with E-state index < -0.39 is 11.7 Å². The highest BCUT2D eigenvalue weighted by molar-refractivity contribution is 5.97. The Bertz CT molecular complexity index is 486. The summed E-state index contributed by atoms with van der Waals surface area (Å²) in [6.07, 6.45) is 0.113. The molecule has 5 N–H and O–H groups in total. The molecule has 0 radical (unpaired) electrons. The molecule has 0 heterocycles. The molecule has 0 fully saturated rings. The Morgan fingerprint density at radius 3 is 2.56 bits per heavy atom. The average molecular weight is 253 g/mol. The lowest BCUT2D eigenvalue weighted by atomic mass is 10.1. The van der Waals surface area contributed by atoms with Crippen LogP contribution < -0.4 is 16.8 Å². The van der Waals surface area contributed by atoms with Crippen LogP contribution in [-0.4, -0.2) is 17.9 Å². The number of carbonyl (C=O) groups excluding carboxylic acids is 2. The Hall–Kier alpha value is -1.95. The minimum Gasteiger partial charge on any atom is -0.366 e. The van der Waals surface area contributed by atoms with Crippen molar-refractivity contribution in [3.63, 3.8) is 0 Å². The van der Waals surface area contributed by atoms with Crippen LogP contribution in [0.5, 0.6) is 0 Å². The van der Waals surface area contributed by atoms with Crippen LogP contribution >= 0.6 is 0 Å². The van der Waals surface area contributed by atoms with Crippen LogP contribution in [0, 0.1) is 12.7 Å². The van der Waals surface area contributed by atoms with Crippen molar-refractivity contribution >= 4 is 17.5 Å². The second-order valence-electron chi connectivity index (χ2n) is 4.22. The molecule has 0 bridgehead atoms. The highest BCUT2D eigenvalue weighted by atomic mass is 19.1. The second-order valence-corrected chi connectivity index (χ2v) is 4.22. The number of hydrogen-bond acceptors (Lipinski definition) is 3. The van der Waals surface area contributed by atoms with E-state index in [0.717, 1.165) is 6.07 Å². The Morgan fingerprint density at radius 1 is 1.44 bits per heavy atom. The van der Waals surface area contributed by atoms with Gasteiger partial charge in [-0.2, -0.15) is 0 Å². The van der Waals surface area contributed by atoms with Crippen LogP contribution in [0.15, 0.2) is 12.1 Å². The van der Waals surface area contributed by atoms with Crippen molar-refractivity contribution in [2.75, 3.05) is 5.32 Å². The van der Waals surface area contributed by atoms with E-state index >= 15 is 0 Å². The van der Waals surface area contributed by atoms with Crippen LogP contribution in [0.25, 0.3) is 0 Å². The number of carbonyl (C=O) groups is 2. The Labute approximate surface area is 104 Å². The van der Waals surface area contributed by atoms with Gasteiger partial charge in [-0.05, 0) is 26.0 Å². The zero-order valence-electron chi connectivity index (χ0n) is 10.3. The summed E-state index contributed by atoms with van der Waals surface area (Å²) in [7, 11) is 0. The predicted molar refractivity (Wildman–Crippen MR) is 66.6 cm³/mol. The Kier molecular flexibility index (Phi) is 4.38. The van der Waals surface area contributed by atoms with Crippen LogP contribution in [0.2, 0.25) is 0 Å². The third-order valence-electron chi connectivity index (χ3n) is 2.41. The topological polar surface area (TPSA) is 98.2 Å². The van der Waals surface area contributed by atoms with Gasteiger partial charge in [0.2, 0.25) is 11.8 Å². The Balaban J connectivity index is 3.01. The van der Waals surface area contributed by atoms with Gasteiger partial charge in [-0.3, -0.25) is 9.59 Å². The molecule has 1 atom stereocenters. The first kappa shape index (κ1) is 14.1. The van der Waals surface area contributed by atoms with Crippen LogP contribution in [0.3, 0.4) is 0 Å². The molecule has 1 aromatic rings. The van der Waals surface area contributed by atoms with E-state index in [9.17, 15) is 14.0 Å². The van der Waals surface area contributed by atoms with E-state index in [1.807, 2.05) is 0 Å². The lowest BCUT2D eigenvalue weighted by Crippen LogP contribution is -2.24. The van der Waals surface area contributed by atoms with Crippen LogP contribution in [0.4, 0.5) is 10.1 Å². The third-order valence-corrected chi connectivity index (χ3v) is 2.41. The van der Waals surface area contributed by atoms with Gasteiger partial charge in [0.1, 0.15) is 5.82 Å². The van der Waals surface area contributed by atoms with E-state index in [1.54, 1.807) is 6.92 Å². The SMILES string of the molecule is Cc1c(F)cc(C(N)=O)cc1NC(=O)CC(C)N. The zero-order valence-corrected chi connectivity index (χ0v) is 10.3. The maximum absolute atomic E-state index is 13.5. The summed E-state index contributed by atoms with van der Waals surface area (Å²) in [6, 6.07) is 2.09. The number of amides is 2. The molecule has 98 valence electrons. The monoisotopic (exact) mass is 253 g/mol. The van der Waals surface area contributed by atoms with Crippen molar-refractivity contribution in [3.05, 3.63) is 29.1 Å². The maximum Gasteiger partial charge on any atom is 0.248 e. The van der Waals surface area contributed by atoms with Gasteiger partial charge in [0.15, 0.2) is 0 Å².